The second kappa shape index (κ2) is 7.60. The molecule has 3 rings (SSSR count). The highest BCUT2D eigenvalue weighted by Gasteiger charge is 2.28. The van der Waals surface area contributed by atoms with Crippen LogP contribution < -0.4 is 9.04 Å². The molecule has 1 heterocycles. The molecule has 0 N–H and O–H groups in total. The first-order valence-corrected chi connectivity index (χ1v) is 10.5. The van der Waals surface area contributed by atoms with E-state index in [-0.39, 0.29) is 17.7 Å². The fraction of sp³-hybridized carbons (Fsp3) is 0.350. The Labute approximate surface area is 160 Å². The third-order valence-electron chi connectivity index (χ3n) is 5.00. The van der Waals surface area contributed by atoms with Gasteiger partial charge in [-0.15, -0.1) is 0 Å². The van der Waals surface area contributed by atoms with Crippen LogP contribution in [0, 0.1) is 0 Å². The van der Waals surface area contributed by atoms with Crippen LogP contribution in [0.5, 0.6) is 5.75 Å². The van der Waals surface area contributed by atoms with E-state index < -0.39 is 10.0 Å². The Morgan fingerprint density at radius 3 is 2.26 bits per heavy atom. The summed E-state index contributed by atoms with van der Waals surface area (Å²) < 4.78 is 30.6. The Morgan fingerprint density at radius 2 is 1.74 bits per heavy atom. The normalized spacial score (nSPS) is 16.8. The minimum absolute atomic E-state index is 0.109. The maximum Gasteiger partial charge on any atom is 0.254 e. The molecular weight excluding hydrogens is 364 g/mol. The lowest BCUT2D eigenvalue weighted by Crippen LogP contribution is -2.30. The molecule has 1 saturated heterocycles. The van der Waals surface area contributed by atoms with Crippen LogP contribution >= 0.6 is 0 Å². The Balaban J connectivity index is 1.74. The fourth-order valence-electron chi connectivity index (χ4n) is 3.19. The van der Waals surface area contributed by atoms with E-state index in [4.69, 9.17) is 4.74 Å². The molecule has 2 aromatic rings. The summed E-state index contributed by atoms with van der Waals surface area (Å²) in [6.07, 6.45) is 0.630. The van der Waals surface area contributed by atoms with E-state index in [1.54, 1.807) is 43.3 Å². The summed E-state index contributed by atoms with van der Waals surface area (Å²) >= 11 is 0. The van der Waals surface area contributed by atoms with Gasteiger partial charge in [-0.05, 0) is 55.3 Å². The Bertz CT molecular complexity index is 908. The lowest BCUT2D eigenvalue weighted by atomic mass is 10.1. The van der Waals surface area contributed by atoms with Crippen LogP contribution in [0.2, 0.25) is 0 Å². The third-order valence-corrected chi connectivity index (χ3v) is 6.87. The van der Waals surface area contributed by atoms with E-state index >= 15 is 0 Å². The molecule has 0 aliphatic carbocycles. The zero-order chi connectivity index (χ0) is 19.6. The lowest BCUT2D eigenvalue weighted by molar-refractivity contribution is 0.0742. The number of hydrogen-bond donors (Lipinski definition) is 0. The number of methoxy groups -OCH3 is 1. The van der Waals surface area contributed by atoms with Gasteiger partial charge < -0.3 is 9.64 Å². The van der Waals surface area contributed by atoms with Crippen molar-refractivity contribution in [1.29, 1.82) is 0 Å². The lowest BCUT2D eigenvalue weighted by Gasteiger charge is -2.26. The second-order valence-corrected chi connectivity index (χ2v) is 8.67. The number of hydrogen-bond acceptors (Lipinski definition) is 4. The molecule has 2 aromatic carbocycles. The van der Waals surface area contributed by atoms with E-state index in [0.29, 0.717) is 24.2 Å². The molecule has 1 unspecified atom stereocenters. The minimum atomic E-state index is -3.22. The summed E-state index contributed by atoms with van der Waals surface area (Å²) in [5, 5.41) is 0. The molecule has 0 spiro atoms. The number of ether oxygens (including phenoxy) is 1. The molecule has 0 radical (unpaired) electrons. The average Bonchev–Trinajstić information content (AvgIpc) is 3.05. The van der Waals surface area contributed by atoms with Gasteiger partial charge in [-0.3, -0.25) is 9.10 Å². The molecule has 6 nitrogen and oxygen atoms in total. The van der Waals surface area contributed by atoms with E-state index in [0.717, 1.165) is 11.3 Å². The highest BCUT2D eigenvalue weighted by atomic mass is 32.2. The summed E-state index contributed by atoms with van der Waals surface area (Å²) in [5.41, 5.74) is 2.14. The molecule has 27 heavy (non-hydrogen) atoms. The highest BCUT2D eigenvalue weighted by Crippen LogP contribution is 2.26. The van der Waals surface area contributed by atoms with Gasteiger partial charge in [0.2, 0.25) is 10.0 Å². The van der Waals surface area contributed by atoms with Gasteiger partial charge in [0.1, 0.15) is 5.75 Å². The van der Waals surface area contributed by atoms with Crippen molar-refractivity contribution in [2.45, 2.75) is 19.4 Å². The molecule has 1 fully saturated rings. The first kappa shape index (κ1) is 19.2. The summed E-state index contributed by atoms with van der Waals surface area (Å²) in [4.78, 5) is 14.5. The number of carbonyl (C=O) groups excluding carboxylic acids is 1. The number of nitrogens with zero attached hydrogens (tertiary/aromatic N) is 2. The maximum absolute atomic E-state index is 12.8. The molecule has 0 bridgehead atoms. The van der Waals surface area contributed by atoms with Crippen molar-refractivity contribution < 1.29 is 17.9 Å². The highest BCUT2D eigenvalue weighted by molar-refractivity contribution is 7.93. The van der Waals surface area contributed by atoms with E-state index in [1.807, 2.05) is 31.2 Å². The molecule has 0 aromatic heterocycles. The molecule has 0 saturated carbocycles. The Kier molecular flexibility index (Phi) is 5.41. The number of rotatable bonds is 5. The monoisotopic (exact) mass is 388 g/mol. The van der Waals surface area contributed by atoms with Gasteiger partial charge in [-0.25, -0.2) is 8.42 Å². The van der Waals surface area contributed by atoms with Crippen molar-refractivity contribution >= 4 is 21.6 Å². The average molecular weight is 388 g/mol. The van der Waals surface area contributed by atoms with Gasteiger partial charge in [-0.1, -0.05) is 12.1 Å². The second-order valence-electron chi connectivity index (χ2n) is 6.65. The number of sulfonamides is 1. The van der Waals surface area contributed by atoms with Gasteiger partial charge in [0.05, 0.1) is 24.6 Å². The third kappa shape index (κ3) is 3.93. The molecule has 7 heteroatoms. The molecule has 1 amide bonds. The number of benzene rings is 2. The van der Waals surface area contributed by atoms with E-state index in [2.05, 4.69) is 0 Å². The van der Waals surface area contributed by atoms with Crippen LogP contribution in [-0.4, -0.2) is 45.7 Å². The van der Waals surface area contributed by atoms with Crippen molar-refractivity contribution in [3.63, 3.8) is 0 Å². The molecular formula is C20H24N2O4S. The number of anilines is 1. The van der Waals surface area contributed by atoms with Crippen molar-refractivity contribution in [3.8, 4) is 5.75 Å². The van der Waals surface area contributed by atoms with Crippen LogP contribution in [-0.2, 0) is 10.0 Å². The molecule has 1 aliphatic heterocycles. The van der Waals surface area contributed by atoms with Crippen LogP contribution in [0.1, 0.15) is 35.3 Å². The standard InChI is InChI=1S/C20H24N2O4S/c1-15(16-7-11-19(26-3)12-8-16)21(2)20(23)17-5-9-18(10-6-17)22-13-4-14-27(22,24)25/h5-12,15H,4,13-14H2,1-3H3. The Morgan fingerprint density at radius 1 is 1.11 bits per heavy atom. The van der Waals surface area contributed by atoms with Crippen LogP contribution in [0.15, 0.2) is 48.5 Å². The van der Waals surface area contributed by atoms with Gasteiger partial charge in [0, 0.05) is 19.2 Å². The molecule has 1 atom stereocenters. The van der Waals surface area contributed by atoms with Crippen molar-refractivity contribution in [2.75, 3.05) is 30.8 Å². The number of carbonyl (C=O) groups is 1. The summed E-state index contributed by atoms with van der Waals surface area (Å²) in [5.74, 6) is 0.831. The maximum atomic E-state index is 12.8. The van der Waals surface area contributed by atoms with Crippen LogP contribution in [0.3, 0.4) is 0 Å². The zero-order valence-corrected chi connectivity index (χ0v) is 16.6. The van der Waals surface area contributed by atoms with Gasteiger partial charge in [-0.2, -0.15) is 0 Å². The smallest absolute Gasteiger partial charge is 0.254 e. The van der Waals surface area contributed by atoms with E-state index in [9.17, 15) is 13.2 Å². The Hall–Kier alpha value is -2.54. The van der Waals surface area contributed by atoms with Crippen molar-refractivity contribution in [3.05, 3.63) is 59.7 Å². The van der Waals surface area contributed by atoms with Crippen LogP contribution in [0.4, 0.5) is 5.69 Å². The largest absolute Gasteiger partial charge is 0.497 e. The molecule has 1 aliphatic rings. The molecule has 144 valence electrons. The predicted molar refractivity (Wildman–Crippen MR) is 106 cm³/mol. The van der Waals surface area contributed by atoms with Gasteiger partial charge in [0.15, 0.2) is 0 Å². The summed E-state index contributed by atoms with van der Waals surface area (Å²) in [7, 11) is 0.159. The zero-order valence-electron chi connectivity index (χ0n) is 15.8. The van der Waals surface area contributed by atoms with Gasteiger partial charge in [0.25, 0.3) is 5.91 Å². The number of amides is 1. The van der Waals surface area contributed by atoms with Crippen molar-refractivity contribution in [2.24, 2.45) is 0 Å². The van der Waals surface area contributed by atoms with Gasteiger partial charge >= 0.3 is 0 Å². The summed E-state index contributed by atoms with van der Waals surface area (Å²) in [6, 6.07) is 14.3. The SMILES string of the molecule is COc1ccc(C(C)N(C)C(=O)c2ccc(N3CCCS3(=O)=O)cc2)cc1. The quantitative estimate of drug-likeness (QED) is 0.790. The fourth-order valence-corrected chi connectivity index (χ4v) is 4.75. The minimum Gasteiger partial charge on any atom is -0.497 e. The topological polar surface area (TPSA) is 66.9 Å². The summed E-state index contributed by atoms with van der Waals surface area (Å²) in [6.45, 7) is 2.45. The first-order valence-electron chi connectivity index (χ1n) is 8.85. The first-order chi connectivity index (χ1) is 12.8. The van der Waals surface area contributed by atoms with E-state index in [1.165, 1.54) is 4.31 Å². The van der Waals surface area contributed by atoms with Crippen LogP contribution in [0.25, 0.3) is 0 Å². The van der Waals surface area contributed by atoms with Crippen molar-refractivity contribution in [1.82, 2.24) is 4.90 Å². The predicted octanol–water partition coefficient (Wildman–Crippen LogP) is 3.07.